The van der Waals surface area contributed by atoms with Crippen LogP contribution >= 0.6 is 15.9 Å². The standard InChI is InChI=1S/C15H22BrNO3/c1-11(10-18)4-3-7-17-9-13-6-5-12(8-14(13)16)15(19)20-2/h5-6,8,11,17-18H,3-4,7,9-10H2,1-2H3. The third-order valence-corrected chi connectivity index (χ3v) is 3.89. The zero-order chi connectivity index (χ0) is 15.0. The van der Waals surface area contributed by atoms with Crippen LogP contribution in [0.4, 0.5) is 0 Å². The SMILES string of the molecule is COC(=O)c1ccc(CNCCCC(C)CO)c(Br)c1. The molecule has 1 aromatic carbocycles. The maximum absolute atomic E-state index is 11.4. The third kappa shape index (κ3) is 5.61. The van der Waals surface area contributed by atoms with Crippen LogP contribution < -0.4 is 5.32 Å². The lowest BCUT2D eigenvalue weighted by molar-refractivity contribution is 0.0600. The van der Waals surface area contributed by atoms with E-state index in [1.165, 1.54) is 7.11 Å². The molecule has 4 nitrogen and oxygen atoms in total. The minimum Gasteiger partial charge on any atom is -0.465 e. The average molecular weight is 344 g/mol. The first-order valence-electron chi connectivity index (χ1n) is 6.76. The van der Waals surface area contributed by atoms with E-state index < -0.39 is 0 Å². The monoisotopic (exact) mass is 343 g/mol. The predicted octanol–water partition coefficient (Wildman–Crippen LogP) is 2.73. The molecular formula is C15H22BrNO3. The van der Waals surface area contributed by atoms with Crippen LogP contribution in [0.2, 0.25) is 0 Å². The number of hydrogen-bond donors (Lipinski definition) is 2. The van der Waals surface area contributed by atoms with Gasteiger partial charge in [0, 0.05) is 17.6 Å². The van der Waals surface area contributed by atoms with Crippen LogP contribution in [0.5, 0.6) is 0 Å². The molecule has 0 aliphatic carbocycles. The highest BCUT2D eigenvalue weighted by Crippen LogP contribution is 2.19. The second-order valence-corrected chi connectivity index (χ2v) is 5.76. The normalized spacial score (nSPS) is 12.2. The summed E-state index contributed by atoms with van der Waals surface area (Å²) in [7, 11) is 1.37. The first-order valence-corrected chi connectivity index (χ1v) is 7.56. The van der Waals surface area contributed by atoms with Gasteiger partial charge in [0.15, 0.2) is 0 Å². The molecule has 0 amide bonds. The molecule has 0 aromatic heterocycles. The summed E-state index contributed by atoms with van der Waals surface area (Å²) < 4.78 is 5.58. The highest BCUT2D eigenvalue weighted by molar-refractivity contribution is 9.10. The van der Waals surface area contributed by atoms with E-state index in [-0.39, 0.29) is 12.6 Å². The van der Waals surface area contributed by atoms with E-state index in [1.54, 1.807) is 12.1 Å². The Balaban J connectivity index is 2.39. The van der Waals surface area contributed by atoms with E-state index in [2.05, 4.69) is 26.0 Å². The number of hydrogen-bond acceptors (Lipinski definition) is 4. The largest absolute Gasteiger partial charge is 0.465 e. The Labute approximate surface area is 128 Å². The van der Waals surface area contributed by atoms with Gasteiger partial charge in [0.05, 0.1) is 12.7 Å². The fourth-order valence-electron chi connectivity index (χ4n) is 1.83. The number of methoxy groups -OCH3 is 1. The van der Waals surface area contributed by atoms with Crippen molar-refractivity contribution in [1.82, 2.24) is 5.32 Å². The van der Waals surface area contributed by atoms with Crippen molar-refractivity contribution in [3.8, 4) is 0 Å². The Morgan fingerprint density at radius 3 is 2.85 bits per heavy atom. The molecule has 1 aromatic rings. The van der Waals surface area contributed by atoms with Crippen LogP contribution in [0.1, 0.15) is 35.7 Å². The van der Waals surface area contributed by atoms with Crippen molar-refractivity contribution in [1.29, 1.82) is 0 Å². The third-order valence-electron chi connectivity index (χ3n) is 3.15. The summed E-state index contributed by atoms with van der Waals surface area (Å²) in [5.74, 6) is 0.0334. The van der Waals surface area contributed by atoms with Crippen molar-refractivity contribution >= 4 is 21.9 Å². The summed E-state index contributed by atoms with van der Waals surface area (Å²) >= 11 is 3.47. The molecule has 1 atom stereocenters. The van der Waals surface area contributed by atoms with Gasteiger partial charge >= 0.3 is 5.97 Å². The molecule has 0 aliphatic heterocycles. The number of esters is 1. The van der Waals surface area contributed by atoms with E-state index in [0.717, 1.165) is 36.0 Å². The Morgan fingerprint density at radius 1 is 1.50 bits per heavy atom. The summed E-state index contributed by atoms with van der Waals surface area (Å²) in [6.07, 6.45) is 2.06. The van der Waals surface area contributed by atoms with E-state index >= 15 is 0 Å². The van der Waals surface area contributed by atoms with Gasteiger partial charge in [-0.1, -0.05) is 28.9 Å². The van der Waals surface area contributed by atoms with E-state index in [0.29, 0.717) is 11.5 Å². The van der Waals surface area contributed by atoms with Crippen molar-refractivity contribution in [2.45, 2.75) is 26.3 Å². The van der Waals surface area contributed by atoms with Crippen molar-refractivity contribution in [3.63, 3.8) is 0 Å². The minimum absolute atomic E-state index is 0.251. The van der Waals surface area contributed by atoms with Crippen molar-refractivity contribution < 1.29 is 14.6 Å². The molecule has 0 aliphatic rings. The molecule has 0 spiro atoms. The Hall–Kier alpha value is -0.910. The van der Waals surface area contributed by atoms with Gasteiger partial charge in [0.1, 0.15) is 0 Å². The molecule has 0 saturated heterocycles. The number of aliphatic hydroxyl groups excluding tert-OH is 1. The van der Waals surface area contributed by atoms with E-state index in [9.17, 15) is 4.79 Å². The van der Waals surface area contributed by atoms with Gasteiger partial charge in [-0.05, 0) is 43.0 Å². The van der Waals surface area contributed by atoms with E-state index in [1.807, 2.05) is 13.0 Å². The van der Waals surface area contributed by atoms with Crippen LogP contribution in [0.25, 0.3) is 0 Å². The van der Waals surface area contributed by atoms with Crippen LogP contribution in [-0.2, 0) is 11.3 Å². The molecule has 0 heterocycles. The maximum atomic E-state index is 11.4. The van der Waals surface area contributed by atoms with Gasteiger partial charge in [0.25, 0.3) is 0 Å². The van der Waals surface area contributed by atoms with Crippen LogP contribution in [0.3, 0.4) is 0 Å². The van der Waals surface area contributed by atoms with Gasteiger partial charge in [-0.15, -0.1) is 0 Å². The summed E-state index contributed by atoms with van der Waals surface area (Å²) in [5, 5.41) is 12.3. The predicted molar refractivity (Wildman–Crippen MR) is 82.7 cm³/mol. The van der Waals surface area contributed by atoms with Crippen LogP contribution in [-0.4, -0.2) is 31.3 Å². The molecule has 1 unspecified atom stereocenters. The molecule has 112 valence electrons. The number of halogens is 1. The average Bonchev–Trinajstić information content (AvgIpc) is 2.47. The fraction of sp³-hybridized carbons (Fsp3) is 0.533. The Kier molecular flexibility index (Phi) is 7.80. The van der Waals surface area contributed by atoms with Gasteiger partial charge in [-0.3, -0.25) is 0 Å². The van der Waals surface area contributed by atoms with Gasteiger partial charge in [-0.25, -0.2) is 4.79 Å². The Bertz CT molecular complexity index is 437. The van der Waals surface area contributed by atoms with Crippen molar-refractivity contribution in [2.75, 3.05) is 20.3 Å². The number of ether oxygens (including phenoxy) is 1. The lowest BCUT2D eigenvalue weighted by Crippen LogP contribution is -2.16. The second-order valence-electron chi connectivity index (χ2n) is 4.90. The van der Waals surface area contributed by atoms with Gasteiger partial charge in [-0.2, -0.15) is 0 Å². The van der Waals surface area contributed by atoms with Gasteiger partial charge in [0.2, 0.25) is 0 Å². The minimum atomic E-state index is -0.330. The zero-order valence-electron chi connectivity index (χ0n) is 12.0. The number of carbonyl (C=O) groups excluding carboxylic acids is 1. The van der Waals surface area contributed by atoms with Crippen LogP contribution in [0, 0.1) is 5.92 Å². The van der Waals surface area contributed by atoms with Crippen molar-refractivity contribution in [2.24, 2.45) is 5.92 Å². The fourth-order valence-corrected chi connectivity index (χ4v) is 2.34. The molecule has 0 bridgehead atoms. The number of aliphatic hydroxyl groups is 1. The second kappa shape index (κ2) is 9.10. The summed E-state index contributed by atoms with van der Waals surface area (Å²) in [4.78, 5) is 11.4. The molecule has 20 heavy (non-hydrogen) atoms. The lowest BCUT2D eigenvalue weighted by atomic mass is 10.1. The molecule has 5 heteroatoms. The summed E-state index contributed by atoms with van der Waals surface area (Å²) in [6, 6.07) is 5.46. The number of rotatable bonds is 8. The quantitative estimate of drug-likeness (QED) is 0.562. The smallest absolute Gasteiger partial charge is 0.337 e. The first-order chi connectivity index (χ1) is 9.58. The number of nitrogens with one attached hydrogen (secondary N) is 1. The van der Waals surface area contributed by atoms with Gasteiger partial charge < -0.3 is 15.2 Å². The Morgan fingerprint density at radius 2 is 2.25 bits per heavy atom. The lowest BCUT2D eigenvalue weighted by Gasteiger charge is -2.10. The zero-order valence-corrected chi connectivity index (χ0v) is 13.6. The summed E-state index contributed by atoms with van der Waals surface area (Å²) in [6.45, 7) is 3.95. The topological polar surface area (TPSA) is 58.6 Å². The molecule has 0 saturated carbocycles. The molecule has 0 fully saturated rings. The van der Waals surface area contributed by atoms with E-state index in [4.69, 9.17) is 5.11 Å². The molecule has 0 radical (unpaired) electrons. The number of benzene rings is 1. The van der Waals surface area contributed by atoms with Crippen LogP contribution in [0.15, 0.2) is 22.7 Å². The molecular weight excluding hydrogens is 322 g/mol. The summed E-state index contributed by atoms with van der Waals surface area (Å²) in [5.41, 5.74) is 1.65. The first kappa shape index (κ1) is 17.1. The maximum Gasteiger partial charge on any atom is 0.337 e. The van der Waals surface area contributed by atoms with Crippen molar-refractivity contribution in [3.05, 3.63) is 33.8 Å². The molecule has 1 rings (SSSR count). The highest BCUT2D eigenvalue weighted by atomic mass is 79.9. The highest BCUT2D eigenvalue weighted by Gasteiger charge is 2.08. The molecule has 2 N–H and O–H groups in total. The number of carbonyl (C=O) groups is 1.